The standard InChI is InChI=1S/C22H24ClN3O5/c1-21(2,3)20(25-31-22(4,5)6)30-17-8-7-9-26(29)18(17)19(28)14-11-15(23)13(12-24)10-16(14)27/h7-11,27H,1-6H3. The van der Waals surface area contributed by atoms with Gasteiger partial charge in [-0.1, -0.05) is 37.5 Å². The first-order valence-electron chi connectivity index (χ1n) is 9.38. The molecule has 1 aromatic carbocycles. The molecule has 0 saturated heterocycles. The lowest BCUT2D eigenvalue weighted by Gasteiger charge is -2.23. The maximum Gasteiger partial charge on any atom is 0.308 e. The van der Waals surface area contributed by atoms with Crippen LogP contribution >= 0.6 is 11.6 Å². The number of nitriles is 1. The molecule has 0 atom stereocenters. The van der Waals surface area contributed by atoms with Crippen molar-refractivity contribution in [3.8, 4) is 17.6 Å². The van der Waals surface area contributed by atoms with Crippen molar-refractivity contribution >= 4 is 23.3 Å². The smallest absolute Gasteiger partial charge is 0.308 e. The number of hydrogen-bond acceptors (Lipinski definition) is 7. The Kier molecular flexibility index (Phi) is 6.82. The second-order valence-electron chi connectivity index (χ2n) is 8.79. The molecule has 1 heterocycles. The van der Waals surface area contributed by atoms with Gasteiger partial charge in [0.25, 0.3) is 5.78 Å². The van der Waals surface area contributed by atoms with E-state index in [2.05, 4.69) is 5.16 Å². The molecule has 0 spiro atoms. The molecule has 0 aliphatic carbocycles. The third kappa shape index (κ3) is 5.86. The number of ether oxygens (including phenoxy) is 1. The van der Waals surface area contributed by atoms with Gasteiger partial charge in [0, 0.05) is 11.5 Å². The van der Waals surface area contributed by atoms with Gasteiger partial charge in [0.15, 0.2) is 6.20 Å². The first-order chi connectivity index (χ1) is 14.2. The van der Waals surface area contributed by atoms with Crippen LogP contribution in [0.2, 0.25) is 5.02 Å². The molecule has 0 fully saturated rings. The van der Waals surface area contributed by atoms with Crippen LogP contribution in [-0.2, 0) is 4.84 Å². The van der Waals surface area contributed by atoms with Gasteiger partial charge in [0.2, 0.25) is 11.6 Å². The highest BCUT2D eigenvalue weighted by Crippen LogP contribution is 2.30. The number of phenols is 1. The number of halogens is 1. The van der Waals surface area contributed by atoms with Crippen LogP contribution in [0.25, 0.3) is 0 Å². The van der Waals surface area contributed by atoms with E-state index < -0.39 is 22.5 Å². The van der Waals surface area contributed by atoms with E-state index in [1.165, 1.54) is 12.1 Å². The number of oxime groups is 1. The second kappa shape index (κ2) is 8.82. The predicted octanol–water partition coefficient (Wildman–Crippen LogP) is 4.34. The number of rotatable bonds is 4. The van der Waals surface area contributed by atoms with E-state index in [9.17, 15) is 15.1 Å². The van der Waals surface area contributed by atoms with Gasteiger partial charge in [-0.05, 0) is 39.0 Å². The third-order valence-corrected chi connectivity index (χ3v) is 4.15. The van der Waals surface area contributed by atoms with E-state index in [1.54, 1.807) is 0 Å². The highest BCUT2D eigenvalue weighted by atomic mass is 35.5. The van der Waals surface area contributed by atoms with Gasteiger partial charge < -0.3 is 19.9 Å². The molecule has 2 rings (SSSR count). The summed E-state index contributed by atoms with van der Waals surface area (Å²) >= 11 is 6.00. The number of ketones is 1. The number of hydrogen-bond donors (Lipinski definition) is 1. The molecule has 31 heavy (non-hydrogen) atoms. The number of benzene rings is 1. The van der Waals surface area contributed by atoms with Crippen molar-refractivity contribution in [2.24, 2.45) is 10.6 Å². The number of aromatic hydroxyl groups is 1. The molecular weight excluding hydrogens is 422 g/mol. The lowest BCUT2D eigenvalue weighted by Crippen LogP contribution is -2.37. The van der Waals surface area contributed by atoms with E-state index in [0.29, 0.717) is 4.73 Å². The van der Waals surface area contributed by atoms with Crippen molar-refractivity contribution < 1.29 is 24.2 Å². The summed E-state index contributed by atoms with van der Waals surface area (Å²) in [5, 5.41) is 35.8. The van der Waals surface area contributed by atoms with Crippen molar-refractivity contribution in [3.05, 3.63) is 57.5 Å². The van der Waals surface area contributed by atoms with Gasteiger partial charge in [-0.3, -0.25) is 4.79 Å². The predicted molar refractivity (Wildman–Crippen MR) is 115 cm³/mol. The van der Waals surface area contributed by atoms with E-state index in [4.69, 9.17) is 26.4 Å². The van der Waals surface area contributed by atoms with E-state index in [0.717, 1.165) is 18.3 Å². The maximum atomic E-state index is 13.1. The minimum atomic E-state index is -0.834. The Morgan fingerprint density at radius 2 is 1.90 bits per heavy atom. The summed E-state index contributed by atoms with van der Waals surface area (Å²) < 4.78 is 6.19. The summed E-state index contributed by atoms with van der Waals surface area (Å²) in [4.78, 5) is 18.6. The molecule has 0 radical (unpaired) electrons. The molecule has 0 bridgehead atoms. The Bertz CT molecular complexity index is 1080. The Morgan fingerprint density at radius 1 is 1.26 bits per heavy atom. The van der Waals surface area contributed by atoms with E-state index >= 15 is 0 Å². The van der Waals surface area contributed by atoms with Crippen LogP contribution in [0.15, 0.2) is 35.6 Å². The van der Waals surface area contributed by atoms with Gasteiger partial charge in [0.05, 0.1) is 16.1 Å². The lowest BCUT2D eigenvalue weighted by molar-refractivity contribution is -0.607. The van der Waals surface area contributed by atoms with E-state index in [1.807, 2.05) is 47.6 Å². The molecule has 0 amide bonds. The zero-order valence-electron chi connectivity index (χ0n) is 18.2. The molecule has 9 heteroatoms. The molecule has 1 N–H and O–H groups in total. The summed E-state index contributed by atoms with van der Waals surface area (Å²) in [6.07, 6.45) is 1.13. The van der Waals surface area contributed by atoms with Crippen molar-refractivity contribution in [2.45, 2.75) is 47.1 Å². The first kappa shape index (κ1) is 24.0. The average Bonchev–Trinajstić information content (AvgIpc) is 2.64. The quantitative estimate of drug-likeness (QED) is 0.187. The Hall–Kier alpha value is -3.31. The molecule has 1 aromatic heterocycles. The van der Waals surface area contributed by atoms with Gasteiger partial charge in [-0.2, -0.15) is 9.99 Å². The number of carbonyl (C=O) groups is 1. The molecule has 8 nitrogen and oxygen atoms in total. The van der Waals surface area contributed by atoms with Gasteiger partial charge in [0.1, 0.15) is 17.4 Å². The SMILES string of the molecule is CC(C)(C)ON=C(Oc1ccc[n+]([O-])c1C(=O)c1cc(Cl)c(C#N)cc1O)C(C)(C)C. The van der Waals surface area contributed by atoms with Crippen molar-refractivity contribution in [1.82, 2.24) is 0 Å². The number of carbonyl (C=O) groups excluding carboxylic acids is 1. The molecule has 0 unspecified atom stereocenters. The number of pyridine rings is 1. The average molecular weight is 446 g/mol. The minimum Gasteiger partial charge on any atom is -0.618 e. The Morgan fingerprint density at radius 3 is 2.45 bits per heavy atom. The normalized spacial score (nSPS) is 12.3. The van der Waals surface area contributed by atoms with Crippen LogP contribution in [0.5, 0.6) is 11.5 Å². The number of aromatic nitrogens is 1. The van der Waals surface area contributed by atoms with Gasteiger partial charge in [-0.25, -0.2) is 0 Å². The third-order valence-electron chi connectivity index (χ3n) is 3.84. The van der Waals surface area contributed by atoms with Crippen LogP contribution in [0.3, 0.4) is 0 Å². The summed E-state index contributed by atoms with van der Waals surface area (Å²) in [5.74, 6) is -1.25. The van der Waals surface area contributed by atoms with Crippen LogP contribution in [0, 0.1) is 22.0 Å². The summed E-state index contributed by atoms with van der Waals surface area (Å²) in [6.45, 7) is 10.9. The van der Waals surface area contributed by atoms with Crippen LogP contribution in [0.4, 0.5) is 0 Å². The molecule has 164 valence electrons. The molecular formula is C22H24ClN3O5. The van der Waals surface area contributed by atoms with Gasteiger partial charge >= 0.3 is 5.69 Å². The first-order valence-corrected chi connectivity index (χ1v) is 9.76. The van der Waals surface area contributed by atoms with Crippen LogP contribution < -0.4 is 9.47 Å². The molecule has 0 aliphatic rings. The maximum absolute atomic E-state index is 13.1. The zero-order chi connectivity index (χ0) is 23.6. The van der Waals surface area contributed by atoms with Crippen LogP contribution in [-0.4, -0.2) is 22.4 Å². The Balaban J connectivity index is 2.57. The van der Waals surface area contributed by atoms with Gasteiger partial charge in [-0.15, -0.1) is 0 Å². The fourth-order valence-electron chi connectivity index (χ4n) is 2.31. The highest BCUT2D eigenvalue weighted by molar-refractivity contribution is 6.32. The van der Waals surface area contributed by atoms with E-state index in [-0.39, 0.29) is 33.5 Å². The van der Waals surface area contributed by atoms with Crippen LogP contribution in [0.1, 0.15) is 63.2 Å². The molecule has 2 aromatic rings. The number of phenolic OH excluding ortho intramolecular Hbond substituents is 1. The Labute approximate surface area is 185 Å². The molecule has 0 saturated carbocycles. The summed E-state index contributed by atoms with van der Waals surface area (Å²) in [6, 6.07) is 6.85. The van der Waals surface area contributed by atoms with Crippen molar-refractivity contribution in [3.63, 3.8) is 0 Å². The number of nitrogens with zero attached hydrogens (tertiary/aromatic N) is 3. The summed E-state index contributed by atoms with van der Waals surface area (Å²) in [5.41, 5.74) is -1.83. The largest absolute Gasteiger partial charge is 0.618 e. The lowest BCUT2D eigenvalue weighted by atomic mass is 9.96. The zero-order valence-corrected chi connectivity index (χ0v) is 18.9. The summed E-state index contributed by atoms with van der Waals surface area (Å²) in [7, 11) is 0. The van der Waals surface area contributed by atoms with Crippen molar-refractivity contribution in [1.29, 1.82) is 5.26 Å². The van der Waals surface area contributed by atoms with Crippen molar-refractivity contribution in [2.75, 3.05) is 0 Å². The molecule has 0 aliphatic heterocycles. The minimum absolute atomic E-state index is 0.00303. The highest BCUT2D eigenvalue weighted by Gasteiger charge is 2.31. The monoisotopic (exact) mass is 445 g/mol. The fourth-order valence-corrected chi connectivity index (χ4v) is 2.52. The topological polar surface area (TPSA) is 119 Å². The second-order valence-corrected chi connectivity index (χ2v) is 9.20. The fraction of sp³-hybridized carbons (Fsp3) is 0.364.